The number of nitrogens with zero attached hydrogens (tertiary/aromatic N) is 1. The predicted octanol–water partition coefficient (Wildman–Crippen LogP) is 5.68. The molecule has 1 aromatic carbocycles. The minimum atomic E-state index is -0.122. The van der Waals surface area contributed by atoms with E-state index in [1.165, 1.54) is 37.7 Å². The van der Waals surface area contributed by atoms with Gasteiger partial charge in [0.1, 0.15) is 0 Å². The van der Waals surface area contributed by atoms with Gasteiger partial charge in [0.25, 0.3) is 0 Å². The number of carbonyl (C=O) groups is 1. The summed E-state index contributed by atoms with van der Waals surface area (Å²) in [6.07, 6.45) is 11.8. The van der Waals surface area contributed by atoms with Crippen LogP contribution in [0, 0.1) is 30.1 Å². The summed E-state index contributed by atoms with van der Waals surface area (Å²) in [6.45, 7) is 2.08. The molecule has 0 saturated heterocycles. The molecule has 1 N–H and O–H groups in total. The van der Waals surface area contributed by atoms with E-state index in [0.29, 0.717) is 0 Å². The molecule has 0 unspecified atom stereocenters. The summed E-state index contributed by atoms with van der Waals surface area (Å²) in [5.74, 6) is 3.49. The average Bonchev–Trinajstić information content (AvgIpc) is 3.13. The lowest BCUT2D eigenvalue weighted by Crippen LogP contribution is -2.51. The number of benzene rings is 1. The molecule has 5 aliphatic carbocycles. The average molecular weight is 391 g/mol. The van der Waals surface area contributed by atoms with Crippen LogP contribution in [-0.4, -0.2) is 11.1 Å². The molecule has 4 bridgehead atoms. The van der Waals surface area contributed by atoms with Crippen LogP contribution in [0.1, 0.15) is 68.2 Å². The van der Waals surface area contributed by atoms with Crippen molar-refractivity contribution in [3.05, 3.63) is 35.0 Å². The zero-order chi connectivity index (χ0) is 19.6. The fourth-order valence-corrected chi connectivity index (χ4v) is 7.16. The Hall–Kier alpha value is -2.10. The maximum atomic E-state index is 13.5. The summed E-state index contributed by atoms with van der Waals surface area (Å²) in [6, 6.07) is 6.30. The number of fused-ring (bicyclic) bond motifs is 1. The maximum Gasteiger partial charge on any atom is 0.230 e. The first-order chi connectivity index (χ1) is 14.1. The first-order valence-electron chi connectivity index (χ1n) is 11.5. The Labute approximate surface area is 172 Å². The molecule has 1 heterocycles. The molecule has 0 aliphatic heterocycles. The first kappa shape index (κ1) is 17.7. The SMILES string of the molecule is Cc1ccc(-c2onc3c2CCCC3)cc1NC(=O)C12CC3CC(CC(C3)C1)C2. The van der Waals surface area contributed by atoms with Gasteiger partial charge in [-0.2, -0.15) is 0 Å². The highest BCUT2D eigenvalue weighted by atomic mass is 16.5. The van der Waals surface area contributed by atoms with Crippen LogP contribution < -0.4 is 5.32 Å². The van der Waals surface area contributed by atoms with Crippen molar-refractivity contribution in [3.8, 4) is 11.3 Å². The zero-order valence-electron chi connectivity index (χ0n) is 17.3. The number of nitrogens with one attached hydrogen (secondary N) is 1. The van der Waals surface area contributed by atoms with Crippen LogP contribution in [0.15, 0.2) is 22.7 Å². The van der Waals surface area contributed by atoms with Gasteiger partial charge in [0.15, 0.2) is 5.76 Å². The summed E-state index contributed by atoms with van der Waals surface area (Å²) in [4.78, 5) is 13.5. The van der Waals surface area contributed by atoms with E-state index in [4.69, 9.17) is 4.52 Å². The third-order valence-electron chi connectivity index (χ3n) is 8.23. The van der Waals surface area contributed by atoms with Crippen molar-refractivity contribution >= 4 is 11.6 Å². The lowest BCUT2D eigenvalue weighted by molar-refractivity contribution is -0.140. The third kappa shape index (κ3) is 2.86. The van der Waals surface area contributed by atoms with Gasteiger partial charge in [-0.05, 0) is 101 Å². The zero-order valence-corrected chi connectivity index (χ0v) is 17.3. The van der Waals surface area contributed by atoms with Crippen LogP contribution in [-0.2, 0) is 17.6 Å². The molecule has 5 aliphatic rings. The van der Waals surface area contributed by atoms with E-state index in [-0.39, 0.29) is 11.3 Å². The largest absolute Gasteiger partial charge is 0.356 e. The second kappa shape index (κ2) is 6.45. The Morgan fingerprint density at radius 1 is 1.07 bits per heavy atom. The lowest BCUT2D eigenvalue weighted by atomic mass is 9.49. The van der Waals surface area contributed by atoms with Crippen LogP contribution in [0.4, 0.5) is 5.69 Å². The normalized spacial score (nSPS) is 32.2. The molecule has 4 nitrogen and oxygen atoms in total. The van der Waals surface area contributed by atoms with Crippen LogP contribution in [0.25, 0.3) is 11.3 Å². The molecular weight excluding hydrogens is 360 g/mol. The Bertz CT molecular complexity index is 938. The first-order valence-corrected chi connectivity index (χ1v) is 11.5. The summed E-state index contributed by atoms with van der Waals surface area (Å²) in [7, 11) is 0. The topological polar surface area (TPSA) is 55.1 Å². The Morgan fingerprint density at radius 3 is 2.48 bits per heavy atom. The van der Waals surface area contributed by atoms with Gasteiger partial charge >= 0.3 is 0 Å². The van der Waals surface area contributed by atoms with Gasteiger partial charge in [-0.1, -0.05) is 17.3 Å². The number of amides is 1. The molecule has 0 radical (unpaired) electrons. The highest BCUT2D eigenvalue weighted by molar-refractivity contribution is 5.97. The summed E-state index contributed by atoms with van der Waals surface area (Å²) < 4.78 is 5.74. The van der Waals surface area contributed by atoms with E-state index in [2.05, 4.69) is 35.6 Å². The molecule has 4 fully saturated rings. The van der Waals surface area contributed by atoms with Gasteiger partial charge in [0, 0.05) is 16.8 Å². The molecule has 1 aromatic heterocycles. The van der Waals surface area contributed by atoms with Crippen LogP contribution in [0.5, 0.6) is 0 Å². The standard InChI is InChI=1S/C25H30N2O2/c1-15-6-7-19(23-20-4-2-3-5-21(20)27-29-23)11-22(15)26-24(28)25-12-16-8-17(13-25)10-18(9-16)14-25/h6-7,11,16-18H,2-5,8-10,12-14H2,1H3,(H,26,28). The summed E-state index contributed by atoms with van der Waals surface area (Å²) >= 11 is 0. The molecule has 2 aromatic rings. The van der Waals surface area contributed by atoms with Gasteiger partial charge < -0.3 is 9.84 Å². The Kier molecular flexibility index (Phi) is 3.94. The minimum Gasteiger partial charge on any atom is -0.356 e. The molecule has 0 atom stereocenters. The van der Waals surface area contributed by atoms with E-state index in [9.17, 15) is 4.79 Å². The number of aromatic nitrogens is 1. The van der Waals surface area contributed by atoms with Crippen LogP contribution in [0.2, 0.25) is 0 Å². The van der Waals surface area contributed by atoms with E-state index in [1.54, 1.807) is 0 Å². The molecule has 4 heteroatoms. The summed E-state index contributed by atoms with van der Waals surface area (Å²) in [5.41, 5.74) is 5.34. The van der Waals surface area contributed by atoms with Crippen molar-refractivity contribution < 1.29 is 9.32 Å². The van der Waals surface area contributed by atoms with Gasteiger partial charge in [-0.15, -0.1) is 0 Å². The molecule has 7 rings (SSSR count). The molecule has 4 saturated carbocycles. The number of aryl methyl sites for hydroxylation is 2. The number of anilines is 1. The highest BCUT2D eigenvalue weighted by Gasteiger charge is 2.54. The van der Waals surface area contributed by atoms with E-state index < -0.39 is 0 Å². The van der Waals surface area contributed by atoms with Crippen molar-refractivity contribution in [2.24, 2.45) is 23.2 Å². The second-order valence-electron chi connectivity index (χ2n) is 10.3. The minimum absolute atomic E-state index is 0.122. The fraction of sp³-hybridized carbons (Fsp3) is 0.600. The van der Waals surface area contributed by atoms with Crippen molar-refractivity contribution in [1.29, 1.82) is 0 Å². The van der Waals surface area contributed by atoms with Gasteiger partial charge in [0.05, 0.1) is 11.1 Å². The van der Waals surface area contributed by atoms with Crippen LogP contribution >= 0.6 is 0 Å². The van der Waals surface area contributed by atoms with Crippen molar-refractivity contribution in [2.75, 3.05) is 5.32 Å². The van der Waals surface area contributed by atoms with Crippen LogP contribution in [0.3, 0.4) is 0 Å². The Balaban J connectivity index is 1.29. The van der Waals surface area contributed by atoms with Gasteiger partial charge in [-0.3, -0.25) is 4.79 Å². The Morgan fingerprint density at radius 2 is 1.76 bits per heavy atom. The number of hydrogen-bond acceptors (Lipinski definition) is 3. The molecular formula is C25H30N2O2. The van der Waals surface area contributed by atoms with Gasteiger partial charge in [0.2, 0.25) is 5.91 Å². The molecule has 152 valence electrons. The van der Waals surface area contributed by atoms with E-state index in [0.717, 1.165) is 78.1 Å². The maximum absolute atomic E-state index is 13.5. The monoisotopic (exact) mass is 390 g/mol. The van der Waals surface area contributed by atoms with Gasteiger partial charge in [-0.25, -0.2) is 0 Å². The lowest BCUT2D eigenvalue weighted by Gasteiger charge is -2.55. The molecule has 29 heavy (non-hydrogen) atoms. The van der Waals surface area contributed by atoms with E-state index in [1.807, 2.05) is 0 Å². The van der Waals surface area contributed by atoms with Crippen molar-refractivity contribution in [1.82, 2.24) is 5.16 Å². The highest BCUT2D eigenvalue weighted by Crippen LogP contribution is 2.60. The van der Waals surface area contributed by atoms with Crippen molar-refractivity contribution in [3.63, 3.8) is 0 Å². The fourth-order valence-electron chi connectivity index (χ4n) is 7.16. The second-order valence-corrected chi connectivity index (χ2v) is 10.3. The third-order valence-corrected chi connectivity index (χ3v) is 8.23. The predicted molar refractivity (Wildman–Crippen MR) is 113 cm³/mol. The number of rotatable bonds is 3. The van der Waals surface area contributed by atoms with Crippen molar-refractivity contribution in [2.45, 2.75) is 71.1 Å². The van der Waals surface area contributed by atoms with E-state index >= 15 is 0 Å². The quantitative estimate of drug-likeness (QED) is 0.733. The number of hydrogen-bond donors (Lipinski definition) is 1. The molecule has 0 spiro atoms. The number of carbonyl (C=O) groups excluding carboxylic acids is 1. The molecule has 1 amide bonds. The smallest absolute Gasteiger partial charge is 0.230 e. The summed E-state index contributed by atoms with van der Waals surface area (Å²) in [5, 5.41) is 7.66.